The van der Waals surface area contributed by atoms with Gasteiger partial charge in [0, 0.05) is 30.8 Å². The normalized spacial score (nSPS) is 10.9. The van der Waals surface area contributed by atoms with Crippen molar-refractivity contribution in [3.8, 4) is 17.2 Å². The summed E-state index contributed by atoms with van der Waals surface area (Å²) >= 11 is 0. The number of hydrogen-bond donors (Lipinski definition) is 1. The van der Waals surface area contributed by atoms with Gasteiger partial charge >= 0.3 is 0 Å². The second kappa shape index (κ2) is 10.9. The standard InChI is InChI=1S/C25H28N2O6S/c1-5-33-22-9-7-6-8-19(22)17-26-25(28)18-10-12-20(13-11-18)27(2)34(29,30)21-14-15-23(31-3)24(16-21)32-4/h6-16H,5,17H2,1-4H3,(H,26,28). The fraction of sp³-hybridized carbons (Fsp3) is 0.240. The van der Waals surface area contributed by atoms with Crippen molar-refractivity contribution in [1.29, 1.82) is 0 Å². The fourth-order valence-corrected chi connectivity index (χ4v) is 4.53. The lowest BCUT2D eigenvalue weighted by Gasteiger charge is -2.20. The topological polar surface area (TPSA) is 94.2 Å². The Kier molecular flexibility index (Phi) is 8.01. The van der Waals surface area contributed by atoms with Gasteiger partial charge in [0.2, 0.25) is 0 Å². The van der Waals surface area contributed by atoms with Crippen LogP contribution in [0.2, 0.25) is 0 Å². The highest BCUT2D eigenvalue weighted by Crippen LogP contribution is 2.31. The Morgan fingerprint density at radius 2 is 1.59 bits per heavy atom. The Morgan fingerprint density at radius 1 is 0.912 bits per heavy atom. The average molecular weight is 485 g/mol. The number of rotatable bonds is 10. The summed E-state index contributed by atoms with van der Waals surface area (Å²) in [6.07, 6.45) is 0. The minimum absolute atomic E-state index is 0.0578. The van der Waals surface area contributed by atoms with Crippen LogP contribution in [0, 0.1) is 0 Å². The third-order valence-electron chi connectivity index (χ3n) is 5.22. The smallest absolute Gasteiger partial charge is 0.264 e. The molecule has 0 aromatic heterocycles. The van der Waals surface area contributed by atoms with Crippen LogP contribution in [0.4, 0.5) is 5.69 Å². The molecule has 3 aromatic rings. The monoisotopic (exact) mass is 484 g/mol. The van der Waals surface area contributed by atoms with Crippen LogP contribution in [0.3, 0.4) is 0 Å². The van der Waals surface area contributed by atoms with E-state index in [4.69, 9.17) is 14.2 Å². The first-order valence-corrected chi connectivity index (χ1v) is 12.1. The van der Waals surface area contributed by atoms with Crippen molar-refractivity contribution in [1.82, 2.24) is 5.32 Å². The Hall–Kier alpha value is -3.72. The van der Waals surface area contributed by atoms with Crippen LogP contribution >= 0.6 is 0 Å². The van der Waals surface area contributed by atoms with Crippen molar-refractivity contribution >= 4 is 21.6 Å². The Balaban J connectivity index is 1.73. The Labute approximate surface area is 200 Å². The molecule has 0 unspecified atom stereocenters. The van der Waals surface area contributed by atoms with Crippen molar-refractivity contribution in [2.45, 2.75) is 18.4 Å². The molecule has 0 spiro atoms. The van der Waals surface area contributed by atoms with Crippen molar-refractivity contribution in [2.75, 3.05) is 32.2 Å². The summed E-state index contributed by atoms with van der Waals surface area (Å²) in [7, 11) is 0.516. The van der Waals surface area contributed by atoms with E-state index >= 15 is 0 Å². The summed E-state index contributed by atoms with van der Waals surface area (Å²) in [5.74, 6) is 1.20. The van der Waals surface area contributed by atoms with Crippen molar-refractivity contribution in [2.24, 2.45) is 0 Å². The predicted molar refractivity (Wildman–Crippen MR) is 130 cm³/mol. The van der Waals surface area contributed by atoms with Crippen LogP contribution in [-0.4, -0.2) is 42.2 Å². The first kappa shape index (κ1) is 24.9. The minimum Gasteiger partial charge on any atom is -0.494 e. The van der Waals surface area contributed by atoms with E-state index in [2.05, 4.69) is 5.32 Å². The van der Waals surface area contributed by atoms with Gasteiger partial charge in [-0.15, -0.1) is 0 Å². The second-order valence-corrected chi connectivity index (χ2v) is 9.23. The molecule has 1 amide bonds. The van der Waals surface area contributed by atoms with Crippen molar-refractivity contribution in [3.63, 3.8) is 0 Å². The molecular weight excluding hydrogens is 456 g/mol. The molecule has 0 aliphatic rings. The zero-order valence-corrected chi connectivity index (χ0v) is 20.4. The first-order chi connectivity index (χ1) is 16.3. The lowest BCUT2D eigenvalue weighted by molar-refractivity contribution is 0.0950. The summed E-state index contributed by atoms with van der Waals surface area (Å²) in [5, 5.41) is 2.87. The number of carbonyl (C=O) groups is 1. The van der Waals surface area contributed by atoms with Crippen LogP contribution in [-0.2, 0) is 16.6 Å². The molecule has 34 heavy (non-hydrogen) atoms. The Morgan fingerprint density at radius 3 is 2.24 bits per heavy atom. The zero-order chi connectivity index (χ0) is 24.7. The van der Waals surface area contributed by atoms with Gasteiger partial charge in [0.1, 0.15) is 5.75 Å². The van der Waals surface area contributed by atoms with Gasteiger partial charge in [-0.05, 0) is 49.4 Å². The molecule has 3 aromatic carbocycles. The molecule has 0 atom stereocenters. The molecular formula is C25H28N2O6S. The van der Waals surface area contributed by atoms with E-state index in [1.807, 2.05) is 31.2 Å². The highest BCUT2D eigenvalue weighted by atomic mass is 32.2. The van der Waals surface area contributed by atoms with Gasteiger partial charge in [0.05, 0.1) is 31.4 Å². The molecule has 3 rings (SSSR count). The Bertz CT molecular complexity index is 1240. The molecule has 0 saturated heterocycles. The van der Waals surface area contributed by atoms with Crippen LogP contribution in [0.25, 0.3) is 0 Å². The van der Waals surface area contributed by atoms with Crippen LogP contribution in [0.15, 0.2) is 71.6 Å². The van der Waals surface area contributed by atoms with Gasteiger partial charge in [-0.1, -0.05) is 18.2 Å². The van der Waals surface area contributed by atoms with E-state index in [1.165, 1.54) is 39.5 Å². The molecule has 0 fully saturated rings. The minimum atomic E-state index is -3.86. The number of hydrogen-bond acceptors (Lipinski definition) is 6. The number of benzene rings is 3. The summed E-state index contributed by atoms with van der Waals surface area (Å²) in [5.41, 5.74) is 1.69. The molecule has 0 saturated carbocycles. The van der Waals surface area contributed by atoms with Gasteiger partial charge in [0.25, 0.3) is 15.9 Å². The molecule has 0 aliphatic carbocycles. The molecule has 0 heterocycles. The number of nitrogens with one attached hydrogen (secondary N) is 1. The first-order valence-electron chi connectivity index (χ1n) is 10.6. The van der Waals surface area contributed by atoms with Gasteiger partial charge in [-0.2, -0.15) is 0 Å². The quantitative estimate of drug-likeness (QED) is 0.470. The fourth-order valence-electron chi connectivity index (χ4n) is 3.32. The lowest BCUT2D eigenvalue weighted by Crippen LogP contribution is -2.27. The van der Waals surface area contributed by atoms with E-state index in [-0.39, 0.29) is 10.8 Å². The summed E-state index contributed by atoms with van der Waals surface area (Å²) < 4.78 is 43.3. The maximum absolute atomic E-state index is 13.1. The molecule has 9 heteroatoms. The lowest BCUT2D eigenvalue weighted by atomic mass is 10.1. The number of anilines is 1. The molecule has 8 nitrogen and oxygen atoms in total. The SMILES string of the molecule is CCOc1ccccc1CNC(=O)c1ccc(N(C)S(=O)(=O)c2ccc(OC)c(OC)c2)cc1. The van der Waals surface area contributed by atoms with E-state index in [0.717, 1.165) is 15.6 Å². The number of carbonyl (C=O) groups excluding carboxylic acids is 1. The summed E-state index contributed by atoms with van der Waals surface area (Å²) in [6.45, 7) is 2.75. The summed E-state index contributed by atoms with van der Waals surface area (Å²) in [4.78, 5) is 12.7. The van der Waals surface area contributed by atoms with Gasteiger partial charge < -0.3 is 19.5 Å². The molecule has 0 aliphatic heterocycles. The van der Waals surface area contributed by atoms with Crippen molar-refractivity contribution in [3.05, 3.63) is 77.9 Å². The third-order valence-corrected chi connectivity index (χ3v) is 7.00. The van der Waals surface area contributed by atoms with E-state index in [9.17, 15) is 13.2 Å². The van der Waals surface area contributed by atoms with E-state index in [1.54, 1.807) is 24.3 Å². The third kappa shape index (κ3) is 5.43. The van der Waals surface area contributed by atoms with Crippen molar-refractivity contribution < 1.29 is 27.4 Å². The van der Waals surface area contributed by atoms with E-state index < -0.39 is 10.0 Å². The van der Waals surface area contributed by atoms with E-state index in [0.29, 0.717) is 35.9 Å². The maximum atomic E-state index is 13.1. The molecule has 0 bridgehead atoms. The maximum Gasteiger partial charge on any atom is 0.264 e. The number of sulfonamides is 1. The van der Waals surface area contributed by atoms with Crippen LogP contribution in [0.1, 0.15) is 22.8 Å². The van der Waals surface area contributed by atoms with Crippen LogP contribution < -0.4 is 23.8 Å². The molecule has 1 N–H and O–H groups in total. The summed E-state index contributed by atoms with van der Waals surface area (Å²) in [6, 6.07) is 18.2. The second-order valence-electron chi connectivity index (χ2n) is 7.26. The molecule has 0 radical (unpaired) electrons. The molecule has 180 valence electrons. The average Bonchev–Trinajstić information content (AvgIpc) is 2.87. The van der Waals surface area contributed by atoms with Gasteiger partial charge in [-0.3, -0.25) is 9.10 Å². The van der Waals surface area contributed by atoms with Gasteiger partial charge in [0.15, 0.2) is 11.5 Å². The van der Waals surface area contributed by atoms with Gasteiger partial charge in [-0.25, -0.2) is 8.42 Å². The zero-order valence-electron chi connectivity index (χ0n) is 19.6. The number of methoxy groups -OCH3 is 2. The predicted octanol–water partition coefficient (Wildman–Crippen LogP) is 3.86. The highest BCUT2D eigenvalue weighted by molar-refractivity contribution is 7.92. The highest BCUT2D eigenvalue weighted by Gasteiger charge is 2.23. The largest absolute Gasteiger partial charge is 0.494 e. The van der Waals surface area contributed by atoms with Crippen LogP contribution in [0.5, 0.6) is 17.2 Å². The number of para-hydroxylation sites is 1. The number of ether oxygens (including phenoxy) is 3. The number of amides is 1. The number of nitrogens with zero attached hydrogens (tertiary/aromatic N) is 1.